The smallest absolute Gasteiger partial charge is 0.324 e. The highest BCUT2D eigenvalue weighted by atomic mass is 32.2. The molecule has 0 aliphatic carbocycles. The summed E-state index contributed by atoms with van der Waals surface area (Å²) in [6, 6.07) is -0.756. The molecule has 0 amide bonds. The SMILES string of the molecule is CCOC(=O)C1CCCN1S(=O)(=O)C1CCS(=O)(=O)CC1. The minimum Gasteiger partial charge on any atom is -0.465 e. The van der Waals surface area contributed by atoms with E-state index < -0.39 is 37.1 Å². The van der Waals surface area contributed by atoms with Crippen LogP contribution in [0.2, 0.25) is 0 Å². The summed E-state index contributed by atoms with van der Waals surface area (Å²) >= 11 is 0. The molecule has 0 saturated carbocycles. The minimum atomic E-state index is -3.66. The highest BCUT2D eigenvalue weighted by Crippen LogP contribution is 2.29. The first kappa shape index (κ1) is 16.7. The summed E-state index contributed by atoms with van der Waals surface area (Å²) in [4.78, 5) is 11.9. The van der Waals surface area contributed by atoms with E-state index in [2.05, 4.69) is 0 Å². The number of carbonyl (C=O) groups is 1. The molecular weight excluding hydrogens is 318 g/mol. The maximum atomic E-state index is 12.6. The van der Waals surface area contributed by atoms with E-state index in [9.17, 15) is 21.6 Å². The van der Waals surface area contributed by atoms with E-state index >= 15 is 0 Å². The van der Waals surface area contributed by atoms with Crippen LogP contribution in [-0.2, 0) is 29.4 Å². The lowest BCUT2D eigenvalue weighted by molar-refractivity contribution is -0.146. The van der Waals surface area contributed by atoms with Crippen LogP contribution in [0.1, 0.15) is 32.6 Å². The lowest BCUT2D eigenvalue weighted by atomic mass is 10.2. The molecule has 2 aliphatic rings. The average Bonchev–Trinajstić information content (AvgIpc) is 2.88. The van der Waals surface area contributed by atoms with E-state index in [0.29, 0.717) is 19.4 Å². The molecule has 2 aliphatic heterocycles. The molecule has 0 aromatic heterocycles. The molecule has 0 bridgehead atoms. The summed E-state index contributed by atoms with van der Waals surface area (Å²) in [7, 11) is -6.77. The van der Waals surface area contributed by atoms with Crippen LogP contribution in [0.25, 0.3) is 0 Å². The summed E-state index contributed by atoms with van der Waals surface area (Å²) in [5, 5.41) is -0.712. The van der Waals surface area contributed by atoms with E-state index in [1.165, 1.54) is 4.31 Å². The molecule has 0 N–H and O–H groups in total. The molecule has 21 heavy (non-hydrogen) atoms. The van der Waals surface area contributed by atoms with Crippen molar-refractivity contribution >= 4 is 25.8 Å². The maximum absolute atomic E-state index is 12.6. The first-order chi connectivity index (χ1) is 9.78. The summed E-state index contributed by atoms with van der Waals surface area (Å²) in [5.41, 5.74) is 0. The molecule has 0 radical (unpaired) electrons. The Morgan fingerprint density at radius 3 is 2.43 bits per heavy atom. The van der Waals surface area contributed by atoms with Crippen molar-refractivity contribution in [3.8, 4) is 0 Å². The van der Waals surface area contributed by atoms with E-state index in [1.54, 1.807) is 6.92 Å². The molecule has 2 saturated heterocycles. The molecule has 1 unspecified atom stereocenters. The summed E-state index contributed by atoms with van der Waals surface area (Å²) in [6.07, 6.45) is 1.30. The lowest BCUT2D eigenvalue weighted by Crippen LogP contribution is -2.47. The van der Waals surface area contributed by atoms with E-state index in [-0.39, 0.29) is 31.0 Å². The van der Waals surface area contributed by atoms with Crippen LogP contribution in [0.4, 0.5) is 0 Å². The average molecular weight is 339 g/mol. The Morgan fingerprint density at radius 1 is 1.24 bits per heavy atom. The van der Waals surface area contributed by atoms with Gasteiger partial charge in [0, 0.05) is 6.54 Å². The van der Waals surface area contributed by atoms with Crippen molar-refractivity contribution in [3.05, 3.63) is 0 Å². The van der Waals surface area contributed by atoms with Gasteiger partial charge >= 0.3 is 5.97 Å². The van der Waals surface area contributed by atoms with Gasteiger partial charge in [0.15, 0.2) is 0 Å². The van der Waals surface area contributed by atoms with Crippen molar-refractivity contribution in [1.29, 1.82) is 0 Å². The van der Waals surface area contributed by atoms with Gasteiger partial charge in [-0.05, 0) is 32.6 Å². The quantitative estimate of drug-likeness (QED) is 0.665. The number of ether oxygens (including phenoxy) is 1. The van der Waals surface area contributed by atoms with Crippen molar-refractivity contribution in [2.24, 2.45) is 0 Å². The molecule has 122 valence electrons. The van der Waals surface area contributed by atoms with E-state index in [0.717, 1.165) is 0 Å². The van der Waals surface area contributed by atoms with Crippen LogP contribution >= 0.6 is 0 Å². The fourth-order valence-electron chi connectivity index (χ4n) is 2.88. The number of sulfone groups is 1. The highest BCUT2D eigenvalue weighted by Gasteiger charge is 2.44. The maximum Gasteiger partial charge on any atom is 0.324 e. The van der Waals surface area contributed by atoms with Gasteiger partial charge in [-0.15, -0.1) is 0 Å². The van der Waals surface area contributed by atoms with Crippen LogP contribution in [0, 0.1) is 0 Å². The third-order valence-electron chi connectivity index (χ3n) is 4.01. The third kappa shape index (κ3) is 3.57. The van der Waals surface area contributed by atoms with Gasteiger partial charge in [0.1, 0.15) is 15.9 Å². The van der Waals surface area contributed by atoms with Crippen LogP contribution in [0.3, 0.4) is 0 Å². The number of carbonyl (C=O) groups excluding carboxylic acids is 1. The number of sulfonamides is 1. The van der Waals surface area contributed by atoms with Crippen molar-refractivity contribution in [2.75, 3.05) is 24.7 Å². The molecule has 0 aromatic carbocycles. The number of hydrogen-bond acceptors (Lipinski definition) is 6. The normalized spacial score (nSPS) is 27.6. The van der Waals surface area contributed by atoms with Gasteiger partial charge in [-0.2, -0.15) is 4.31 Å². The van der Waals surface area contributed by atoms with Crippen LogP contribution < -0.4 is 0 Å². The molecular formula is C12H21NO6S2. The number of hydrogen-bond donors (Lipinski definition) is 0. The lowest BCUT2D eigenvalue weighted by Gasteiger charge is -2.29. The van der Waals surface area contributed by atoms with Gasteiger partial charge in [0.2, 0.25) is 10.0 Å². The number of esters is 1. The van der Waals surface area contributed by atoms with Crippen molar-refractivity contribution < 1.29 is 26.4 Å². The Hall–Kier alpha value is -0.670. The third-order valence-corrected chi connectivity index (χ3v) is 8.13. The predicted molar refractivity (Wildman–Crippen MR) is 77.0 cm³/mol. The summed E-state index contributed by atoms with van der Waals surface area (Å²) < 4.78 is 54.3. The fourth-order valence-corrected chi connectivity index (χ4v) is 6.81. The first-order valence-electron chi connectivity index (χ1n) is 7.15. The second-order valence-electron chi connectivity index (χ2n) is 5.42. The molecule has 2 fully saturated rings. The highest BCUT2D eigenvalue weighted by molar-refractivity contribution is 7.92. The molecule has 2 rings (SSSR count). The van der Waals surface area contributed by atoms with Crippen molar-refractivity contribution in [3.63, 3.8) is 0 Å². The predicted octanol–water partition coefficient (Wildman–Crippen LogP) is -0.0791. The second-order valence-corrected chi connectivity index (χ2v) is 9.89. The van der Waals surface area contributed by atoms with E-state index in [4.69, 9.17) is 4.74 Å². The zero-order valence-electron chi connectivity index (χ0n) is 12.0. The van der Waals surface area contributed by atoms with Gasteiger partial charge < -0.3 is 4.74 Å². The Bertz CT molecular complexity index is 583. The largest absolute Gasteiger partial charge is 0.465 e. The zero-order valence-corrected chi connectivity index (χ0v) is 13.7. The van der Waals surface area contributed by atoms with Crippen LogP contribution in [0.15, 0.2) is 0 Å². The zero-order chi connectivity index (χ0) is 15.7. The number of rotatable bonds is 4. The van der Waals surface area contributed by atoms with Crippen LogP contribution in [0.5, 0.6) is 0 Å². The number of nitrogens with zero attached hydrogens (tertiary/aromatic N) is 1. The molecule has 7 nitrogen and oxygen atoms in total. The molecule has 1 atom stereocenters. The van der Waals surface area contributed by atoms with Crippen molar-refractivity contribution in [1.82, 2.24) is 4.31 Å². The summed E-state index contributed by atoms with van der Waals surface area (Å²) in [6.45, 7) is 2.19. The summed E-state index contributed by atoms with van der Waals surface area (Å²) in [5.74, 6) is -0.717. The van der Waals surface area contributed by atoms with Gasteiger partial charge in [-0.3, -0.25) is 4.79 Å². The Kier molecular flexibility index (Phi) is 4.94. The molecule has 0 spiro atoms. The van der Waals surface area contributed by atoms with Crippen LogP contribution in [-0.4, -0.2) is 63.1 Å². The standard InChI is InChI=1S/C12H21NO6S2/c1-2-19-12(14)11-4-3-7-13(11)21(17,18)10-5-8-20(15,16)9-6-10/h10-11H,2-9H2,1H3. The first-order valence-corrected chi connectivity index (χ1v) is 10.5. The van der Waals surface area contributed by atoms with Crippen molar-refractivity contribution in [2.45, 2.75) is 43.9 Å². The minimum absolute atomic E-state index is 0.102. The Morgan fingerprint density at radius 2 is 1.86 bits per heavy atom. The Labute approximate surface area is 125 Å². The molecule has 2 heterocycles. The van der Waals surface area contributed by atoms with Gasteiger partial charge in [0.25, 0.3) is 0 Å². The monoisotopic (exact) mass is 339 g/mol. The Balaban J connectivity index is 2.13. The molecule has 9 heteroatoms. The van der Waals surface area contributed by atoms with Gasteiger partial charge in [-0.1, -0.05) is 0 Å². The van der Waals surface area contributed by atoms with E-state index in [1.807, 2.05) is 0 Å². The molecule has 0 aromatic rings. The van der Waals surface area contributed by atoms with Gasteiger partial charge in [0.05, 0.1) is 23.4 Å². The van der Waals surface area contributed by atoms with Gasteiger partial charge in [-0.25, -0.2) is 16.8 Å². The fraction of sp³-hybridized carbons (Fsp3) is 0.917. The second kappa shape index (κ2) is 6.21. The topological polar surface area (TPSA) is 97.8 Å².